The molecule has 0 bridgehead atoms. The third kappa shape index (κ3) is 4.94. The molecule has 3 heterocycles. The Hall–Kier alpha value is -1.43. The van der Waals surface area contributed by atoms with Crippen LogP contribution in [0.3, 0.4) is 0 Å². The molecule has 1 aromatic rings. The lowest BCUT2D eigenvalue weighted by molar-refractivity contribution is -0.125. The van der Waals surface area contributed by atoms with Crippen molar-refractivity contribution < 1.29 is 9.59 Å². The van der Waals surface area contributed by atoms with Gasteiger partial charge in [-0.1, -0.05) is 6.92 Å². The molecule has 156 valence electrons. The maximum atomic E-state index is 12.2. The number of hydrogen-bond acceptors (Lipinski definition) is 5. The molecular weight excluding hydrogens is 491 g/mol. The van der Waals surface area contributed by atoms with E-state index in [1.165, 1.54) is 4.88 Å². The molecule has 0 spiro atoms. The maximum Gasteiger partial charge on any atom is 0.322 e. The van der Waals surface area contributed by atoms with Gasteiger partial charge in [-0.25, -0.2) is 14.8 Å². The second-order valence-electron chi connectivity index (χ2n) is 7.12. The second-order valence-corrected chi connectivity index (χ2v) is 8.32. The average Bonchev–Trinajstić information content (AvgIpc) is 3.23. The summed E-state index contributed by atoms with van der Waals surface area (Å²) in [5.41, 5.74) is -0.809. The molecule has 0 aliphatic carbocycles. The number of halogens is 1. The van der Waals surface area contributed by atoms with Gasteiger partial charge >= 0.3 is 6.03 Å². The minimum absolute atomic E-state index is 0. The number of aryl methyl sites for hydroxylation is 1. The van der Waals surface area contributed by atoms with Gasteiger partial charge < -0.3 is 15.5 Å². The van der Waals surface area contributed by atoms with Crippen LogP contribution in [0.4, 0.5) is 4.79 Å². The lowest BCUT2D eigenvalue weighted by atomic mass is 9.79. The predicted molar refractivity (Wildman–Crippen MR) is 121 cm³/mol. The minimum Gasteiger partial charge on any atom is -0.357 e. The summed E-state index contributed by atoms with van der Waals surface area (Å²) in [5.74, 6) is 0.783. The number of carbonyl (C=O) groups excluding carboxylic acids is 2. The molecule has 3 rings (SSSR count). The SMILES string of the molecule is CCNC(=NCc1ncc(CC)s1)N1CCC(C2(C)NC(=O)NC2=O)CC1.I. The smallest absolute Gasteiger partial charge is 0.322 e. The molecule has 1 aromatic heterocycles. The fourth-order valence-corrected chi connectivity index (χ4v) is 4.45. The monoisotopic (exact) mass is 520 g/mol. The van der Waals surface area contributed by atoms with Gasteiger partial charge in [-0.2, -0.15) is 0 Å². The van der Waals surface area contributed by atoms with Crippen LogP contribution in [0, 0.1) is 5.92 Å². The molecule has 0 aromatic carbocycles. The van der Waals surface area contributed by atoms with Crippen molar-refractivity contribution in [3.05, 3.63) is 16.1 Å². The number of imide groups is 1. The molecular formula is C18H29IN6O2S. The molecule has 10 heteroatoms. The van der Waals surface area contributed by atoms with Crippen molar-refractivity contribution >= 4 is 53.2 Å². The fourth-order valence-electron chi connectivity index (χ4n) is 3.67. The van der Waals surface area contributed by atoms with E-state index in [9.17, 15) is 9.59 Å². The molecule has 2 aliphatic heterocycles. The lowest BCUT2D eigenvalue weighted by Crippen LogP contribution is -2.55. The molecule has 0 radical (unpaired) electrons. The van der Waals surface area contributed by atoms with Crippen molar-refractivity contribution in [3.8, 4) is 0 Å². The van der Waals surface area contributed by atoms with Crippen molar-refractivity contribution in [1.82, 2.24) is 25.8 Å². The average molecular weight is 520 g/mol. The van der Waals surface area contributed by atoms with E-state index >= 15 is 0 Å². The highest BCUT2D eigenvalue weighted by Gasteiger charge is 2.48. The summed E-state index contributed by atoms with van der Waals surface area (Å²) in [6.45, 7) is 8.97. The van der Waals surface area contributed by atoms with Gasteiger partial charge in [0.25, 0.3) is 5.91 Å². The molecule has 2 aliphatic rings. The van der Waals surface area contributed by atoms with Crippen molar-refractivity contribution in [2.24, 2.45) is 10.9 Å². The second kappa shape index (κ2) is 9.86. The third-order valence-corrected chi connectivity index (χ3v) is 6.46. The van der Waals surface area contributed by atoms with E-state index in [1.807, 2.05) is 13.1 Å². The largest absolute Gasteiger partial charge is 0.357 e. The fraction of sp³-hybridized carbons (Fsp3) is 0.667. The van der Waals surface area contributed by atoms with Crippen LogP contribution in [0.1, 0.15) is 43.5 Å². The number of urea groups is 1. The molecule has 0 saturated carbocycles. The number of likely N-dealkylation sites (tertiary alicyclic amines) is 1. The number of piperidine rings is 1. The van der Waals surface area contributed by atoms with Crippen LogP contribution in [0.2, 0.25) is 0 Å². The quantitative estimate of drug-likeness (QED) is 0.239. The Morgan fingerprint density at radius 1 is 1.39 bits per heavy atom. The van der Waals surface area contributed by atoms with Crippen LogP contribution in [0.5, 0.6) is 0 Å². The van der Waals surface area contributed by atoms with E-state index < -0.39 is 11.6 Å². The normalized spacial score (nSPS) is 23.2. The van der Waals surface area contributed by atoms with Crippen molar-refractivity contribution in [2.75, 3.05) is 19.6 Å². The van der Waals surface area contributed by atoms with Gasteiger partial charge in [-0.15, -0.1) is 35.3 Å². The molecule has 2 saturated heterocycles. The maximum absolute atomic E-state index is 12.2. The number of carbonyl (C=O) groups is 2. The van der Waals surface area contributed by atoms with Gasteiger partial charge in [-0.3, -0.25) is 10.1 Å². The highest BCUT2D eigenvalue weighted by atomic mass is 127. The summed E-state index contributed by atoms with van der Waals surface area (Å²) in [6.07, 6.45) is 4.57. The van der Waals surface area contributed by atoms with Crippen LogP contribution in [-0.2, 0) is 17.8 Å². The van der Waals surface area contributed by atoms with Crippen LogP contribution < -0.4 is 16.0 Å². The molecule has 3 N–H and O–H groups in total. The summed E-state index contributed by atoms with van der Waals surface area (Å²) in [5, 5.41) is 9.54. The van der Waals surface area contributed by atoms with Crippen molar-refractivity contribution in [2.45, 2.75) is 52.1 Å². The van der Waals surface area contributed by atoms with Gasteiger partial charge in [0.05, 0.1) is 6.54 Å². The molecule has 1 unspecified atom stereocenters. The van der Waals surface area contributed by atoms with Crippen LogP contribution in [-0.4, -0.2) is 53.0 Å². The summed E-state index contributed by atoms with van der Waals surface area (Å²) in [4.78, 5) is 36.4. The molecule has 8 nitrogen and oxygen atoms in total. The number of nitrogens with zero attached hydrogens (tertiary/aromatic N) is 3. The Kier molecular flexibility index (Phi) is 8.05. The first-order valence-electron chi connectivity index (χ1n) is 9.56. The topological polar surface area (TPSA) is 98.7 Å². The van der Waals surface area contributed by atoms with E-state index in [0.717, 1.165) is 49.9 Å². The van der Waals surface area contributed by atoms with Crippen LogP contribution in [0.15, 0.2) is 11.2 Å². The van der Waals surface area contributed by atoms with Gasteiger partial charge in [0.2, 0.25) is 0 Å². The third-order valence-electron chi connectivity index (χ3n) is 5.33. The van der Waals surface area contributed by atoms with Gasteiger partial charge in [0.1, 0.15) is 10.5 Å². The first kappa shape index (κ1) is 22.9. The number of guanidine groups is 1. The standard InChI is InChI=1S/C18H28N6O2S.HI/c1-4-13-10-20-14(27-13)11-21-16(19-5-2)24-8-6-12(7-9-24)18(3)15(25)22-17(26)23-18;/h10,12H,4-9,11H2,1-3H3,(H,19,21)(H2,22,23,25,26);1H. The molecule has 3 amide bonds. The van der Waals surface area contributed by atoms with Gasteiger partial charge in [0.15, 0.2) is 5.96 Å². The number of aliphatic imine (C=N–C) groups is 1. The van der Waals surface area contributed by atoms with Gasteiger partial charge in [-0.05, 0) is 39.0 Å². The minimum atomic E-state index is -0.809. The highest BCUT2D eigenvalue weighted by Crippen LogP contribution is 2.30. The Morgan fingerprint density at radius 3 is 2.64 bits per heavy atom. The Bertz CT molecular complexity index is 731. The van der Waals surface area contributed by atoms with Crippen LogP contribution in [0.25, 0.3) is 0 Å². The zero-order valence-corrected chi connectivity index (χ0v) is 19.7. The summed E-state index contributed by atoms with van der Waals surface area (Å²) in [7, 11) is 0. The number of thiazole rings is 1. The zero-order chi connectivity index (χ0) is 19.4. The summed E-state index contributed by atoms with van der Waals surface area (Å²) >= 11 is 1.71. The first-order valence-corrected chi connectivity index (χ1v) is 10.4. The molecule has 1 atom stereocenters. The molecule has 2 fully saturated rings. The molecule has 28 heavy (non-hydrogen) atoms. The van der Waals surface area contributed by atoms with E-state index in [2.05, 4.69) is 39.7 Å². The number of hydrogen-bond donors (Lipinski definition) is 3. The number of nitrogens with one attached hydrogen (secondary N) is 3. The summed E-state index contributed by atoms with van der Waals surface area (Å²) < 4.78 is 0. The lowest BCUT2D eigenvalue weighted by Gasteiger charge is -2.39. The predicted octanol–water partition coefficient (Wildman–Crippen LogP) is 2.10. The van der Waals surface area contributed by atoms with Crippen molar-refractivity contribution in [1.29, 1.82) is 0 Å². The Balaban J connectivity index is 0.00000280. The first-order chi connectivity index (χ1) is 13.0. The zero-order valence-electron chi connectivity index (χ0n) is 16.6. The number of aromatic nitrogens is 1. The Morgan fingerprint density at radius 2 is 2.11 bits per heavy atom. The highest BCUT2D eigenvalue weighted by molar-refractivity contribution is 14.0. The van der Waals surface area contributed by atoms with Gasteiger partial charge in [0, 0.05) is 30.7 Å². The van der Waals surface area contributed by atoms with E-state index in [4.69, 9.17) is 4.99 Å². The number of rotatable bonds is 5. The van der Waals surface area contributed by atoms with E-state index in [1.54, 1.807) is 11.3 Å². The Labute approximate surface area is 187 Å². The van der Waals surface area contributed by atoms with Crippen LogP contribution >= 0.6 is 35.3 Å². The van der Waals surface area contributed by atoms with Crippen molar-refractivity contribution in [3.63, 3.8) is 0 Å². The summed E-state index contributed by atoms with van der Waals surface area (Å²) in [6, 6.07) is -0.394. The van der Waals surface area contributed by atoms with E-state index in [-0.39, 0.29) is 35.8 Å². The number of amides is 3. The van der Waals surface area contributed by atoms with E-state index in [0.29, 0.717) is 6.54 Å².